The summed E-state index contributed by atoms with van der Waals surface area (Å²) in [5.74, 6) is 0.880. The molecule has 0 N–H and O–H groups in total. The summed E-state index contributed by atoms with van der Waals surface area (Å²) in [7, 11) is -0.797. The molecule has 0 amide bonds. The molecule has 1 aliphatic rings. The Morgan fingerprint density at radius 2 is 2.08 bits per heavy atom. The van der Waals surface area contributed by atoms with E-state index in [9.17, 15) is 0 Å². The van der Waals surface area contributed by atoms with Crippen LogP contribution in [0.5, 0.6) is 0 Å². The van der Waals surface area contributed by atoms with E-state index in [4.69, 9.17) is 4.74 Å². The van der Waals surface area contributed by atoms with Gasteiger partial charge in [0.05, 0.1) is 0 Å². The Bertz CT molecular complexity index is 122. The molecular weight excluding hydrogens is 164 g/mol. The molecule has 0 bridgehead atoms. The first-order valence-electron chi connectivity index (χ1n) is 5.16. The molecule has 0 spiro atoms. The SMILES string of the molecule is C[Si](C)(C)CCC1CCCOC1. The average Bonchev–Trinajstić information content (AvgIpc) is 2.02. The molecule has 1 fully saturated rings. The Hall–Kier alpha value is 0.177. The van der Waals surface area contributed by atoms with Crippen molar-refractivity contribution in [1.82, 2.24) is 0 Å². The Morgan fingerprint density at radius 3 is 2.58 bits per heavy atom. The summed E-state index contributed by atoms with van der Waals surface area (Å²) in [5, 5.41) is 0. The van der Waals surface area contributed by atoms with Crippen LogP contribution >= 0.6 is 0 Å². The van der Waals surface area contributed by atoms with E-state index in [1.165, 1.54) is 25.3 Å². The van der Waals surface area contributed by atoms with Crippen molar-refractivity contribution >= 4 is 8.07 Å². The van der Waals surface area contributed by atoms with E-state index >= 15 is 0 Å². The maximum atomic E-state index is 5.46. The zero-order valence-corrected chi connectivity index (χ0v) is 9.73. The summed E-state index contributed by atoms with van der Waals surface area (Å²) in [6.45, 7) is 9.40. The number of ether oxygens (including phenoxy) is 1. The highest BCUT2D eigenvalue weighted by Gasteiger charge is 2.18. The lowest BCUT2D eigenvalue weighted by Gasteiger charge is -2.25. The molecule has 1 atom stereocenters. The van der Waals surface area contributed by atoms with Gasteiger partial charge in [0, 0.05) is 21.3 Å². The Labute approximate surface area is 77.5 Å². The molecule has 0 aliphatic carbocycles. The highest BCUT2D eigenvalue weighted by atomic mass is 28.3. The molecular formula is C10H22OSi. The monoisotopic (exact) mass is 186 g/mol. The van der Waals surface area contributed by atoms with Crippen LogP contribution in [0.4, 0.5) is 0 Å². The average molecular weight is 186 g/mol. The van der Waals surface area contributed by atoms with Gasteiger partial charge in [-0.3, -0.25) is 0 Å². The van der Waals surface area contributed by atoms with Crippen LogP contribution in [0.15, 0.2) is 0 Å². The van der Waals surface area contributed by atoms with Gasteiger partial charge in [-0.15, -0.1) is 0 Å². The third kappa shape index (κ3) is 4.26. The lowest BCUT2D eigenvalue weighted by atomic mass is 10.00. The van der Waals surface area contributed by atoms with Crippen molar-refractivity contribution in [3.63, 3.8) is 0 Å². The van der Waals surface area contributed by atoms with Crippen molar-refractivity contribution < 1.29 is 4.74 Å². The molecule has 1 heterocycles. The van der Waals surface area contributed by atoms with Crippen molar-refractivity contribution in [3.8, 4) is 0 Å². The minimum absolute atomic E-state index is 0.797. The summed E-state index contributed by atoms with van der Waals surface area (Å²) in [6, 6.07) is 1.47. The highest BCUT2D eigenvalue weighted by molar-refractivity contribution is 6.76. The summed E-state index contributed by atoms with van der Waals surface area (Å²) in [4.78, 5) is 0. The molecule has 72 valence electrons. The van der Waals surface area contributed by atoms with Crippen molar-refractivity contribution in [2.24, 2.45) is 5.92 Å². The van der Waals surface area contributed by atoms with E-state index in [1.54, 1.807) is 0 Å². The van der Waals surface area contributed by atoms with Gasteiger partial charge in [-0.1, -0.05) is 32.1 Å². The lowest BCUT2D eigenvalue weighted by Crippen LogP contribution is -2.24. The van der Waals surface area contributed by atoms with Crippen LogP contribution in [0.2, 0.25) is 25.7 Å². The highest BCUT2D eigenvalue weighted by Crippen LogP contribution is 2.22. The maximum Gasteiger partial charge on any atom is 0.0494 e. The molecule has 0 aromatic heterocycles. The molecule has 0 aromatic rings. The first-order valence-corrected chi connectivity index (χ1v) is 8.86. The van der Waals surface area contributed by atoms with E-state index in [0.717, 1.165) is 19.1 Å². The van der Waals surface area contributed by atoms with Gasteiger partial charge in [0.15, 0.2) is 0 Å². The molecule has 0 aromatic carbocycles. The third-order valence-corrected chi connectivity index (χ3v) is 4.35. The van der Waals surface area contributed by atoms with Gasteiger partial charge in [0.2, 0.25) is 0 Å². The van der Waals surface area contributed by atoms with Gasteiger partial charge in [-0.05, 0) is 18.8 Å². The number of rotatable bonds is 3. The van der Waals surface area contributed by atoms with E-state index in [1.807, 2.05) is 0 Å². The number of hydrogen-bond acceptors (Lipinski definition) is 1. The molecule has 0 saturated carbocycles. The minimum Gasteiger partial charge on any atom is -0.381 e. The maximum absolute atomic E-state index is 5.46. The summed E-state index contributed by atoms with van der Waals surface area (Å²) >= 11 is 0. The fourth-order valence-electron chi connectivity index (χ4n) is 1.67. The van der Waals surface area contributed by atoms with Crippen LogP contribution in [0, 0.1) is 5.92 Å². The quantitative estimate of drug-likeness (QED) is 0.615. The fourth-order valence-corrected chi connectivity index (χ4v) is 2.95. The van der Waals surface area contributed by atoms with Gasteiger partial charge in [0.1, 0.15) is 0 Å². The van der Waals surface area contributed by atoms with Crippen molar-refractivity contribution in [2.45, 2.75) is 44.9 Å². The van der Waals surface area contributed by atoms with E-state index in [2.05, 4.69) is 19.6 Å². The van der Waals surface area contributed by atoms with E-state index in [0.29, 0.717) is 0 Å². The second-order valence-corrected chi connectivity index (χ2v) is 10.8. The smallest absolute Gasteiger partial charge is 0.0494 e. The van der Waals surface area contributed by atoms with Gasteiger partial charge in [-0.2, -0.15) is 0 Å². The molecule has 1 saturated heterocycles. The van der Waals surface area contributed by atoms with Gasteiger partial charge in [0.25, 0.3) is 0 Å². The molecule has 1 aliphatic heterocycles. The van der Waals surface area contributed by atoms with Crippen LogP contribution in [0.3, 0.4) is 0 Å². The first-order chi connectivity index (χ1) is 5.58. The van der Waals surface area contributed by atoms with Gasteiger partial charge < -0.3 is 4.74 Å². The Balaban J connectivity index is 2.13. The second-order valence-electron chi connectivity index (χ2n) is 5.18. The van der Waals surface area contributed by atoms with Crippen molar-refractivity contribution in [1.29, 1.82) is 0 Å². The Kier molecular flexibility index (Phi) is 3.78. The zero-order chi connectivity index (χ0) is 9.03. The second kappa shape index (κ2) is 4.42. The molecule has 12 heavy (non-hydrogen) atoms. The van der Waals surface area contributed by atoms with E-state index in [-0.39, 0.29) is 0 Å². The van der Waals surface area contributed by atoms with Crippen molar-refractivity contribution in [3.05, 3.63) is 0 Å². The van der Waals surface area contributed by atoms with Crippen LogP contribution in [-0.2, 0) is 4.74 Å². The molecule has 2 heteroatoms. The molecule has 1 unspecified atom stereocenters. The Morgan fingerprint density at radius 1 is 1.33 bits per heavy atom. The van der Waals surface area contributed by atoms with Crippen LogP contribution in [0.1, 0.15) is 19.3 Å². The van der Waals surface area contributed by atoms with Crippen molar-refractivity contribution in [2.75, 3.05) is 13.2 Å². The topological polar surface area (TPSA) is 9.23 Å². The standard InChI is InChI=1S/C10H22OSi/c1-12(2,3)8-6-10-5-4-7-11-9-10/h10H,4-9H2,1-3H3. The normalized spacial score (nSPS) is 25.8. The van der Waals surface area contributed by atoms with Crippen LogP contribution in [0.25, 0.3) is 0 Å². The summed E-state index contributed by atoms with van der Waals surface area (Å²) in [6.07, 6.45) is 4.11. The molecule has 1 nitrogen and oxygen atoms in total. The summed E-state index contributed by atoms with van der Waals surface area (Å²) < 4.78 is 5.46. The lowest BCUT2D eigenvalue weighted by molar-refractivity contribution is 0.0534. The van der Waals surface area contributed by atoms with Gasteiger partial charge >= 0.3 is 0 Å². The third-order valence-electron chi connectivity index (χ3n) is 2.56. The zero-order valence-electron chi connectivity index (χ0n) is 8.73. The fraction of sp³-hybridized carbons (Fsp3) is 1.00. The minimum atomic E-state index is -0.797. The predicted molar refractivity (Wildman–Crippen MR) is 56.3 cm³/mol. The first kappa shape index (κ1) is 10.3. The largest absolute Gasteiger partial charge is 0.381 e. The molecule has 1 rings (SSSR count). The van der Waals surface area contributed by atoms with Crippen LogP contribution in [-0.4, -0.2) is 21.3 Å². The van der Waals surface area contributed by atoms with E-state index < -0.39 is 8.07 Å². The molecule has 0 radical (unpaired) electrons. The summed E-state index contributed by atoms with van der Waals surface area (Å²) in [5.41, 5.74) is 0. The number of hydrogen-bond donors (Lipinski definition) is 0. The van der Waals surface area contributed by atoms with Gasteiger partial charge in [-0.25, -0.2) is 0 Å². The van der Waals surface area contributed by atoms with Crippen LogP contribution < -0.4 is 0 Å². The predicted octanol–water partition coefficient (Wildman–Crippen LogP) is 3.14.